The molecule has 0 spiro atoms. The van der Waals surface area contributed by atoms with Crippen molar-refractivity contribution in [3.8, 4) is 11.4 Å². The van der Waals surface area contributed by atoms with E-state index < -0.39 is 32.1 Å². The zero-order valence-corrected chi connectivity index (χ0v) is 25.5. The Morgan fingerprint density at radius 3 is 2.49 bits per heavy atom. The van der Waals surface area contributed by atoms with Gasteiger partial charge >= 0.3 is 0 Å². The summed E-state index contributed by atoms with van der Waals surface area (Å²) >= 11 is 0. The summed E-state index contributed by atoms with van der Waals surface area (Å²) in [6, 6.07) is 3.59. The van der Waals surface area contributed by atoms with E-state index in [1.807, 2.05) is 37.6 Å². The number of benzene rings is 1. The lowest BCUT2D eigenvalue weighted by atomic mass is 10.0. The Morgan fingerprint density at radius 2 is 1.93 bits per heavy atom. The van der Waals surface area contributed by atoms with E-state index in [-0.39, 0.29) is 17.9 Å². The average molecular weight is 603 g/mol. The molecule has 0 radical (unpaired) electrons. The SMILES string of the molecule is Cc1cc(Nc2nc(N(C)c3c(F)cc(S(C)(=O)=O)cc3F)nc(-c3cn(C(C)C)cn3)c2C2CC2CCP)n[nH]1. The molecule has 5 rings (SSSR count). The molecular formula is C27H33F2N8O2PS. The Balaban J connectivity index is 1.70. The molecule has 4 aromatic rings. The first kappa shape index (κ1) is 29.1. The van der Waals surface area contributed by atoms with Crippen molar-refractivity contribution >= 4 is 42.3 Å². The van der Waals surface area contributed by atoms with E-state index in [0.717, 1.165) is 48.6 Å². The number of nitrogens with zero attached hydrogens (tertiary/aromatic N) is 6. The molecule has 3 atom stereocenters. The predicted octanol–water partition coefficient (Wildman–Crippen LogP) is 5.51. The summed E-state index contributed by atoms with van der Waals surface area (Å²) in [5.41, 5.74) is 2.41. The highest BCUT2D eigenvalue weighted by atomic mass is 32.2. The molecule has 0 amide bonds. The third-order valence-corrected chi connectivity index (χ3v) is 8.64. The van der Waals surface area contributed by atoms with Crippen LogP contribution in [0.2, 0.25) is 0 Å². The van der Waals surface area contributed by atoms with Crippen LogP contribution in [0, 0.1) is 24.5 Å². The number of imidazole rings is 1. The molecule has 10 nitrogen and oxygen atoms in total. The van der Waals surface area contributed by atoms with Crippen molar-refractivity contribution in [2.75, 3.05) is 29.7 Å². The molecule has 0 aliphatic heterocycles. The first-order valence-electron chi connectivity index (χ1n) is 13.2. The molecule has 1 fully saturated rings. The van der Waals surface area contributed by atoms with Gasteiger partial charge in [-0.1, -0.05) is 0 Å². The van der Waals surface area contributed by atoms with Crippen LogP contribution in [-0.4, -0.2) is 57.6 Å². The van der Waals surface area contributed by atoms with Crippen LogP contribution in [0.5, 0.6) is 0 Å². The van der Waals surface area contributed by atoms with Crippen LogP contribution in [-0.2, 0) is 9.84 Å². The van der Waals surface area contributed by atoms with Crippen molar-refractivity contribution in [3.05, 3.63) is 53.6 Å². The topological polar surface area (TPSA) is 122 Å². The summed E-state index contributed by atoms with van der Waals surface area (Å²) in [5, 5.41) is 10.5. The smallest absolute Gasteiger partial charge is 0.232 e. The molecule has 3 heterocycles. The third-order valence-electron chi connectivity index (χ3n) is 7.21. The van der Waals surface area contributed by atoms with E-state index in [9.17, 15) is 8.42 Å². The van der Waals surface area contributed by atoms with Crippen molar-refractivity contribution in [1.82, 2.24) is 29.7 Å². The van der Waals surface area contributed by atoms with Gasteiger partial charge in [0.2, 0.25) is 5.95 Å². The summed E-state index contributed by atoms with van der Waals surface area (Å²) in [6.07, 6.45) is 7.46. The van der Waals surface area contributed by atoms with Gasteiger partial charge < -0.3 is 14.8 Å². The fourth-order valence-electron chi connectivity index (χ4n) is 4.91. The molecule has 1 aliphatic carbocycles. The van der Waals surface area contributed by atoms with E-state index in [4.69, 9.17) is 9.97 Å². The van der Waals surface area contributed by atoms with E-state index in [1.165, 1.54) is 11.9 Å². The Morgan fingerprint density at radius 1 is 1.22 bits per heavy atom. The van der Waals surface area contributed by atoms with E-state index in [2.05, 4.69) is 29.7 Å². The fourth-order valence-corrected chi connectivity index (χ4v) is 5.97. The number of hydrogen-bond donors (Lipinski definition) is 2. The van der Waals surface area contributed by atoms with Crippen molar-refractivity contribution in [1.29, 1.82) is 0 Å². The van der Waals surface area contributed by atoms with Crippen LogP contribution in [0.15, 0.2) is 35.6 Å². The molecule has 0 saturated heterocycles. The lowest BCUT2D eigenvalue weighted by Gasteiger charge is -2.22. The van der Waals surface area contributed by atoms with Crippen molar-refractivity contribution in [3.63, 3.8) is 0 Å². The largest absolute Gasteiger partial charge is 0.334 e. The number of rotatable bonds is 10. The second-order valence-electron chi connectivity index (χ2n) is 10.7. The summed E-state index contributed by atoms with van der Waals surface area (Å²) < 4.78 is 56.3. The van der Waals surface area contributed by atoms with Crippen LogP contribution in [0.3, 0.4) is 0 Å². The lowest BCUT2D eigenvalue weighted by molar-refractivity contribution is 0.569. The summed E-state index contributed by atoms with van der Waals surface area (Å²) in [7, 11) is 0.383. The van der Waals surface area contributed by atoms with Crippen LogP contribution in [0.1, 0.15) is 49.9 Å². The molecule has 1 saturated carbocycles. The van der Waals surface area contributed by atoms with Crippen LogP contribution in [0.25, 0.3) is 11.4 Å². The number of aromatic nitrogens is 6. The van der Waals surface area contributed by atoms with Gasteiger partial charge in [-0.15, -0.1) is 9.24 Å². The second kappa shape index (κ2) is 11.1. The monoisotopic (exact) mass is 602 g/mol. The number of halogens is 2. The highest BCUT2D eigenvalue weighted by Gasteiger charge is 2.42. The minimum absolute atomic E-state index is 0.00533. The number of aryl methyl sites for hydroxylation is 1. The maximum atomic E-state index is 15.2. The Kier molecular flexibility index (Phi) is 7.86. The lowest BCUT2D eigenvalue weighted by Crippen LogP contribution is -2.19. The molecule has 0 bridgehead atoms. The molecule has 1 aliphatic rings. The van der Waals surface area contributed by atoms with Crippen LogP contribution < -0.4 is 10.2 Å². The van der Waals surface area contributed by atoms with Crippen LogP contribution in [0.4, 0.5) is 32.1 Å². The van der Waals surface area contributed by atoms with Gasteiger partial charge in [0.1, 0.15) is 22.9 Å². The highest BCUT2D eigenvalue weighted by molar-refractivity contribution is 7.90. The molecule has 3 unspecified atom stereocenters. The van der Waals surface area contributed by atoms with Crippen molar-refractivity contribution < 1.29 is 17.2 Å². The minimum Gasteiger partial charge on any atom is -0.334 e. The van der Waals surface area contributed by atoms with Gasteiger partial charge in [0, 0.05) is 42.9 Å². The molecule has 3 aromatic heterocycles. The van der Waals surface area contributed by atoms with Crippen molar-refractivity contribution in [2.45, 2.75) is 50.5 Å². The number of sulfone groups is 1. The zero-order chi connectivity index (χ0) is 29.6. The van der Waals surface area contributed by atoms with Crippen molar-refractivity contribution in [2.24, 2.45) is 5.92 Å². The quantitative estimate of drug-likeness (QED) is 0.228. The molecule has 1 aromatic carbocycles. The number of nitrogens with one attached hydrogen (secondary N) is 2. The Hall–Kier alpha value is -3.44. The Bertz CT molecular complexity index is 1680. The van der Waals surface area contributed by atoms with E-state index in [0.29, 0.717) is 28.9 Å². The average Bonchev–Trinajstić information content (AvgIpc) is 3.26. The summed E-state index contributed by atoms with van der Waals surface area (Å²) in [5.74, 6) is -0.492. The van der Waals surface area contributed by atoms with Gasteiger partial charge in [0.05, 0.1) is 11.2 Å². The summed E-state index contributed by atoms with van der Waals surface area (Å²) in [6.45, 7) is 5.96. The molecule has 218 valence electrons. The van der Waals surface area contributed by atoms with E-state index in [1.54, 1.807) is 6.33 Å². The van der Waals surface area contributed by atoms with Gasteiger partial charge in [-0.05, 0) is 63.7 Å². The first-order chi connectivity index (χ1) is 19.4. The number of hydrogen-bond acceptors (Lipinski definition) is 8. The number of anilines is 4. The fraction of sp³-hybridized carbons (Fsp3) is 0.407. The van der Waals surface area contributed by atoms with E-state index >= 15 is 8.78 Å². The standard InChI is InChI=1S/C27H33F2N8O2PS/c1-14(2)37-12-21(30-13-37)24-23(18-9-16(18)6-7-40)26(31-22-8-15(3)34-35-22)33-27(32-24)36(4)25-19(28)10-17(11-20(25)29)41(5,38)39/h8,10-14,16,18H,6-7,9,40H2,1-5H3,(H2,31,32,33,34,35). The zero-order valence-electron chi connectivity index (χ0n) is 23.5. The molecule has 2 N–H and O–H groups in total. The number of H-pyrrole nitrogens is 1. The van der Waals surface area contributed by atoms with Gasteiger partial charge in [-0.2, -0.15) is 10.1 Å². The third kappa shape index (κ3) is 5.97. The molecular weight excluding hydrogens is 569 g/mol. The first-order valence-corrected chi connectivity index (χ1v) is 16.0. The van der Waals surface area contributed by atoms with Crippen LogP contribution >= 0.6 is 9.24 Å². The minimum atomic E-state index is -3.82. The normalized spacial score (nSPS) is 16.8. The maximum absolute atomic E-state index is 15.2. The highest BCUT2D eigenvalue weighted by Crippen LogP contribution is 2.54. The predicted molar refractivity (Wildman–Crippen MR) is 158 cm³/mol. The van der Waals surface area contributed by atoms with Gasteiger partial charge in [0.15, 0.2) is 27.3 Å². The molecule has 41 heavy (non-hydrogen) atoms. The second-order valence-corrected chi connectivity index (χ2v) is 13.3. The van der Waals surface area contributed by atoms with Gasteiger partial charge in [-0.25, -0.2) is 27.2 Å². The number of aromatic amines is 1. The maximum Gasteiger partial charge on any atom is 0.232 e. The Labute approximate surface area is 240 Å². The molecule has 14 heteroatoms. The summed E-state index contributed by atoms with van der Waals surface area (Å²) in [4.78, 5) is 14.9. The van der Waals surface area contributed by atoms with Gasteiger partial charge in [-0.3, -0.25) is 5.10 Å². The van der Waals surface area contributed by atoms with Gasteiger partial charge in [0.25, 0.3) is 0 Å².